The van der Waals surface area contributed by atoms with Gasteiger partial charge in [-0.1, -0.05) is 28.1 Å². The van der Waals surface area contributed by atoms with Gasteiger partial charge in [-0.25, -0.2) is 5.43 Å². The number of anilines is 4. The molecule has 0 aliphatic carbocycles. The molecule has 2 heterocycles. The fourth-order valence-corrected chi connectivity index (χ4v) is 3.49. The largest absolute Gasteiger partial charge is 0.341 e. The van der Waals surface area contributed by atoms with E-state index < -0.39 is 4.92 Å². The van der Waals surface area contributed by atoms with Crippen molar-refractivity contribution in [1.82, 2.24) is 15.0 Å². The van der Waals surface area contributed by atoms with Crippen LogP contribution in [0, 0.1) is 10.1 Å². The fraction of sp³-hybridized carbons (Fsp3) is 0.200. The summed E-state index contributed by atoms with van der Waals surface area (Å²) >= 11 is 3.43. The van der Waals surface area contributed by atoms with Crippen molar-refractivity contribution in [2.45, 2.75) is 12.8 Å². The molecule has 4 rings (SSSR count). The Kier molecular flexibility index (Phi) is 6.32. The number of hydrogen-bond acceptors (Lipinski definition) is 9. The number of nitro benzene ring substituents is 1. The van der Waals surface area contributed by atoms with Gasteiger partial charge in [0.25, 0.3) is 5.69 Å². The van der Waals surface area contributed by atoms with Crippen molar-refractivity contribution < 1.29 is 4.92 Å². The van der Waals surface area contributed by atoms with Crippen LogP contribution >= 0.6 is 15.9 Å². The summed E-state index contributed by atoms with van der Waals surface area (Å²) in [6.07, 6.45) is 3.84. The number of nitrogens with one attached hydrogen (secondary N) is 2. The lowest BCUT2D eigenvalue weighted by molar-refractivity contribution is -0.384. The summed E-state index contributed by atoms with van der Waals surface area (Å²) in [6, 6.07) is 13.8. The van der Waals surface area contributed by atoms with Crippen molar-refractivity contribution in [3.05, 3.63) is 68.7 Å². The first-order valence-corrected chi connectivity index (χ1v) is 10.4. The topological polar surface area (TPSA) is 121 Å². The van der Waals surface area contributed by atoms with E-state index in [4.69, 9.17) is 0 Å². The molecule has 0 saturated carbocycles. The Hall–Kier alpha value is -3.60. The Morgan fingerprint density at radius 2 is 1.81 bits per heavy atom. The van der Waals surface area contributed by atoms with Gasteiger partial charge in [-0.2, -0.15) is 20.1 Å². The Morgan fingerprint density at radius 3 is 2.52 bits per heavy atom. The molecule has 3 aromatic rings. The molecule has 1 aliphatic heterocycles. The van der Waals surface area contributed by atoms with Gasteiger partial charge in [0, 0.05) is 35.4 Å². The number of benzene rings is 2. The highest BCUT2D eigenvalue weighted by Crippen LogP contribution is 2.22. The molecule has 0 amide bonds. The predicted molar refractivity (Wildman–Crippen MR) is 123 cm³/mol. The van der Waals surface area contributed by atoms with E-state index in [0.717, 1.165) is 36.0 Å². The Balaban J connectivity index is 1.55. The Bertz CT molecular complexity index is 1100. The lowest BCUT2D eigenvalue weighted by Gasteiger charge is -2.16. The second kappa shape index (κ2) is 9.47. The van der Waals surface area contributed by atoms with Crippen LogP contribution < -0.4 is 15.6 Å². The average Bonchev–Trinajstić information content (AvgIpc) is 3.29. The van der Waals surface area contributed by atoms with E-state index in [9.17, 15) is 10.1 Å². The van der Waals surface area contributed by atoms with Gasteiger partial charge >= 0.3 is 0 Å². The molecule has 2 N–H and O–H groups in total. The van der Waals surface area contributed by atoms with Crippen LogP contribution in [0.4, 0.5) is 29.2 Å². The van der Waals surface area contributed by atoms with Crippen molar-refractivity contribution in [3.63, 3.8) is 0 Å². The summed E-state index contributed by atoms with van der Waals surface area (Å²) in [5, 5.41) is 18.2. The van der Waals surface area contributed by atoms with E-state index in [2.05, 4.69) is 51.6 Å². The van der Waals surface area contributed by atoms with E-state index in [1.54, 1.807) is 18.3 Å². The number of nitrogens with zero attached hydrogens (tertiary/aromatic N) is 6. The lowest BCUT2D eigenvalue weighted by atomic mass is 10.2. The zero-order valence-electron chi connectivity index (χ0n) is 16.4. The molecule has 10 nitrogen and oxygen atoms in total. The highest BCUT2D eigenvalue weighted by atomic mass is 79.9. The van der Waals surface area contributed by atoms with Crippen molar-refractivity contribution in [1.29, 1.82) is 0 Å². The molecule has 158 valence electrons. The highest BCUT2D eigenvalue weighted by molar-refractivity contribution is 9.10. The normalized spacial score (nSPS) is 13.5. The molecule has 0 spiro atoms. The quantitative estimate of drug-likeness (QED) is 0.289. The number of non-ortho nitro benzene ring substituents is 1. The van der Waals surface area contributed by atoms with Crippen molar-refractivity contribution in [2.24, 2.45) is 5.10 Å². The number of hydrogen-bond donors (Lipinski definition) is 2. The van der Waals surface area contributed by atoms with Gasteiger partial charge in [-0.3, -0.25) is 10.1 Å². The number of aromatic nitrogens is 3. The molecular weight excluding hydrogens is 464 g/mol. The smallest absolute Gasteiger partial charge is 0.269 e. The molecule has 0 bridgehead atoms. The second-order valence-corrected chi connectivity index (χ2v) is 7.75. The molecule has 1 aromatic heterocycles. The van der Waals surface area contributed by atoms with Crippen LogP contribution in [0.1, 0.15) is 18.4 Å². The van der Waals surface area contributed by atoms with E-state index in [-0.39, 0.29) is 5.69 Å². The summed E-state index contributed by atoms with van der Waals surface area (Å²) in [4.78, 5) is 25.9. The number of hydrazone groups is 1. The standard InChI is InChI=1S/C20H19BrN8O2/c21-15-5-3-4-14(12-15)13-22-27-19-24-18(25-20(26-19)28-10-1-2-11-28)23-16-6-8-17(9-7-16)29(30)31/h3-9,12-13H,1-2,10-11H2,(H2,23,24,25,26,27). The molecule has 1 saturated heterocycles. The first-order valence-electron chi connectivity index (χ1n) is 9.64. The van der Waals surface area contributed by atoms with Gasteiger partial charge in [0.2, 0.25) is 17.8 Å². The van der Waals surface area contributed by atoms with Crippen LogP contribution in [0.2, 0.25) is 0 Å². The van der Waals surface area contributed by atoms with E-state index in [1.165, 1.54) is 12.1 Å². The van der Waals surface area contributed by atoms with Gasteiger partial charge in [0.1, 0.15) is 0 Å². The number of nitro groups is 1. The summed E-state index contributed by atoms with van der Waals surface area (Å²) in [5.74, 6) is 1.18. The average molecular weight is 483 g/mol. The minimum Gasteiger partial charge on any atom is -0.341 e. The minimum absolute atomic E-state index is 0.0168. The van der Waals surface area contributed by atoms with Gasteiger partial charge in [0.15, 0.2) is 0 Å². The SMILES string of the molecule is O=[N+]([O-])c1ccc(Nc2nc(NN=Cc3cccc(Br)c3)nc(N3CCCC3)n2)cc1. The van der Waals surface area contributed by atoms with Gasteiger partial charge < -0.3 is 10.2 Å². The summed E-state index contributed by atoms with van der Waals surface area (Å²) in [6.45, 7) is 1.75. The van der Waals surface area contributed by atoms with Crippen molar-refractivity contribution in [2.75, 3.05) is 28.7 Å². The monoisotopic (exact) mass is 482 g/mol. The molecule has 0 atom stereocenters. The van der Waals surface area contributed by atoms with Crippen molar-refractivity contribution in [3.8, 4) is 0 Å². The Morgan fingerprint density at radius 1 is 1.06 bits per heavy atom. The van der Waals surface area contributed by atoms with Gasteiger partial charge in [0.05, 0.1) is 11.1 Å². The Labute approximate surface area is 186 Å². The van der Waals surface area contributed by atoms with Gasteiger partial charge in [-0.15, -0.1) is 0 Å². The third kappa shape index (κ3) is 5.51. The highest BCUT2D eigenvalue weighted by Gasteiger charge is 2.17. The maximum Gasteiger partial charge on any atom is 0.269 e. The van der Waals surface area contributed by atoms with Crippen LogP contribution in [0.5, 0.6) is 0 Å². The number of halogens is 1. The van der Waals surface area contributed by atoms with Crippen LogP contribution in [0.25, 0.3) is 0 Å². The molecule has 31 heavy (non-hydrogen) atoms. The molecule has 11 heteroatoms. The maximum atomic E-state index is 10.9. The zero-order valence-corrected chi connectivity index (χ0v) is 18.0. The zero-order chi connectivity index (χ0) is 21.6. The maximum absolute atomic E-state index is 10.9. The molecule has 1 fully saturated rings. The third-order valence-electron chi connectivity index (χ3n) is 4.57. The first kappa shape index (κ1) is 20.7. The summed E-state index contributed by atoms with van der Waals surface area (Å²) in [5.41, 5.74) is 4.43. The molecule has 1 aliphatic rings. The molecule has 0 unspecified atom stereocenters. The minimum atomic E-state index is -0.441. The van der Waals surface area contributed by atoms with E-state index >= 15 is 0 Å². The predicted octanol–water partition coefficient (Wildman–Crippen LogP) is 4.33. The van der Waals surface area contributed by atoms with Crippen LogP contribution in [0.15, 0.2) is 58.1 Å². The van der Waals surface area contributed by atoms with Gasteiger partial charge in [-0.05, 0) is 42.7 Å². The molecule has 2 aromatic carbocycles. The fourth-order valence-electron chi connectivity index (χ4n) is 3.08. The van der Waals surface area contributed by atoms with Crippen LogP contribution in [0.3, 0.4) is 0 Å². The third-order valence-corrected chi connectivity index (χ3v) is 5.07. The lowest BCUT2D eigenvalue weighted by Crippen LogP contribution is -2.21. The van der Waals surface area contributed by atoms with Crippen molar-refractivity contribution >= 4 is 51.4 Å². The summed E-state index contributed by atoms with van der Waals surface area (Å²) in [7, 11) is 0. The van der Waals surface area contributed by atoms with E-state index in [1.807, 2.05) is 24.3 Å². The first-order chi connectivity index (χ1) is 15.1. The molecular formula is C20H19BrN8O2. The molecule has 0 radical (unpaired) electrons. The second-order valence-electron chi connectivity index (χ2n) is 6.83. The van der Waals surface area contributed by atoms with Crippen LogP contribution in [-0.4, -0.2) is 39.2 Å². The summed E-state index contributed by atoms with van der Waals surface area (Å²) < 4.78 is 0.961. The van der Waals surface area contributed by atoms with E-state index in [0.29, 0.717) is 23.5 Å². The van der Waals surface area contributed by atoms with Crippen LogP contribution in [-0.2, 0) is 0 Å². The number of rotatable bonds is 7.